The van der Waals surface area contributed by atoms with Crippen LogP contribution >= 0.6 is 0 Å². The minimum atomic E-state index is 0.224. The van der Waals surface area contributed by atoms with E-state index in [1.807, 2.05) is 0 Å². The van der Waals surface area contributed by atoms with E-state index in [4.69, 9.17) is 4.74 Å². The van der Waals surface area contributed by atoms with Gasteiger partial charge < -0.3 is 10.1 Å². The Bertz CT molecular complexity index is 324. The maximum absolute atomic E-state index is 5.12. The molecule has 1 rings (SSSR count). The summed E-state index contributed by atoms with van der Waals surface area (Å²) in [6.45, 7) is 10.6. The molecule has 0 aliphatic carbocycles. The van der Waals surface area contributed by atoms with Crippen LogP contribution in [0.25, 0.3) is 0 Å². The largest absolute Gasteiger partial charge is 0.385 e. The van der Waals surface area contributed by atoms with Crippen molar-refractivity contribution in [3.8, 4) is 0 Å². The highest BCUT2D eigenvalue weighted by Gasteiger charge is 2.12. The Hall–Kier alpha value is -1.02. The number of benzene rings is 1. The highest BCUT2D eigenvalue weighted by molar-refractivity contribution is 5.45. The molecule has 0 saturated carbocycles. The van der Waals surface area contributed by atoms with Gasteiger partial charge in [0.2, 0.25) is 0 Å². The molecule has 0 heterocycles. The van der Waals surface area contributed by atoms with E-state index >= 15 is 0 Å². The third-order valence-electron chi connectivity index (χ3n) is 2.86. The van der Waals surface area contributed by atoms with E-state index in [1.54, 1.807) is 7.11 Å². The average Bonchev–Trinajstić information content (AvgIpc) is 2.26. The molecule has 0 spiro atoms. The van der Waals surface area contributed by atoms with E-state index < -0.39 is 0 Å². The van der Waals surface area contributed by atoms with Gasteiger partial charge in [-0.15, -0.1) is 0 Å². The molecule has 0 radical (unpaired) electrons. The predicted octanol–water partition coefficient (Wildman–Crippen LogP) is 3.68. The highest BCUT2D eigenvalue weighted by atomic mass is 16.5. The maximum atomic E-state index is 5.12. The molecule has 0 fully saturated rings. The molecule has 0 aromatic heterocycles. The van der Waals surface area contributed by atoms with Crippen LogP contribution in [0.15, 0.2) is 24.3 Å². The summed E-state index contributed by atoms with van der Waals surface area (Å²) in [7, 11) is 1.74. The predicted molar refractivity (Wildman–Crippen MR) is 74.7 cm³/mol. The summed E-state index contributed by atoms with van der Waals surface area (Å²) in [5.74, 6) is 0.530. The standard InChI is InChI=1S/C15H25NO/c1-12(11-17-5)10-16-14-8-6-13(7-9-14)15(2,3)4/h6-9,12,16H,10-11H2,1-5H3. The van der Waals surface area contributed by atoms with Gasteiger partial charge in [0.05, 0.1) is 6.61 Å². The molecule has 1 unspecified atom stereocenters. The number of nitrogens with one attached hydrogen (secondary N) is 1. The lowest BCUT2D eigenvalue weighted by atomic mass is 9.87. The first kappa shape index (κ1) is 14.0. The van der Waals surface area contributed by atoms with E-state index in [9.17, 15) is 0 Å². The van der Waals surface area contributed by atoms with Crippen molar-refractivity contribution in [1.82, 2.24) is 0 Å². The number of hydrogen-bond donors (Lipinski definition) is 1. The summed E-state index contributed by atoms with van der Waals surface area (Å²) in [4.78, 5) is 0. The average molecular weight is 235 g/mol. The lowest BCUT2D eigenvalue weighted by Gasteiger charge is -2.19. The van der Waals surface area contributed by atoms with Crippen molar-refractivity contribution in [3.05, 3.63) is 29.8 Å². The van der Waals surface area contributed by atoms with Crippen LogP contribution in [0.5, 0.6) is 0 Å². The van der Waals surface area contributed by atoms with Crippen LogP contribution in [0.4, 0.5) is 5.69 Å². The first-order valence-electron chi connectivity index (χ1n) is 6.27. The van der Waals surface area contributed by atoms with Crippen molar-refractivity contribution in [2.75, 3.05) is 25.6 Å². The first-order valence-corrected chi connectivity index (χ1v) is 6.27. The van der Waals surface area contributed by atoms with Crippen molar-refractivity contribution in [2.24, 2.45) is 5.92 Å². The second-order valence-electron chi connectivity index (χ2n) is 5.77. The number of rotatable bonds is 5. The van der Waals surface area contributed by atoms with E-state index in [2.05, 4.69) is 57.3 Å². The molecule has 1 aromatic carbocycles. The summed E-state index contributed by atoms with van der Waals surface area (Å²) >= 11 is 0. The van der Waals surface area contributed by atoms with Crippen LogP contribution in [-0.2, 0) is 10.2 Å². The Morgan fingerprint density at radius 2 is 1.76 bits per heavy atom. The second-order valence-corrected chi connectivity index (χ2v) is 5.77. The molecule has 1 aromatic rings. The number of hydrogen-bond acceptors (Lipinski definition) is 2. The lowest BCUT2D eigenvalue weighted by molar-refractivity contribution is 0.164. The highest BCUT2D eigenvalue weighted by Crippen LogP contribution is 2.23. The summed E-state index contributed by atoms with van der Waals surface area (Å²) in [5, 5.41) is 3.43. The molecule has 0 aliphatic rings. The van der Waals surface area contributed by atoms with E-state index in [1.165, 1.54) is 11.3 Å². The molecule has 0 saturated heterocycles. The molecular weight excluding hydrogens is 210 g/mol. The van der Waals surface area contributed by atoms with E-state index in [-0.39, 0.29) is 5.41 Å². The van der Waals surface area contributed by atoms with Gasteiger partial charge in [0.15, 0.2) is 0 Å². The zero-order chi connectivity index (χ0) is 12.9. The van der Waals surface area contributed by atoms with E-state index in [0.29, 0.717) is 5.92 Å². The molecule has 1 N–H and O–H groups in total. The Kier molecular flexibility index (Phi) is 5.01. The van der Waals surface area contributed by atoms with Crippen LogP contribution in [0.1, 0.15) is 33.3 Å². The van der Waals surface area contributed by atoms with Gasteiger partial charge in [0.1, 0.15) is 0 Å². The summed E-state index contributed by atoms with van der Waals surface area (Å²) in [5.41, 5.74) is 2.77. The Labute approximate surface area is 105 Å². The third-order valence-corrected chi connectivity index (χ3v) is 2.86. The van der Waals surface area contributed by atoms with Crippen molar-refractivity contribution in [3.63, 3.8) is 0 Å². The molecule has 0 amide bonds. The third kappa shape index (κ3) is 4.78. The number of methoxy groups -OCH3 is 1. The fourth-order valence-electron chi connectivity index (χ4n) is 1.72. The molecule has 2 heteroatoms. The quantitative estimate of drug-likeness (QED) is 0.840. The lowest BCUT2D eigenvalue weighted by Crippen LogP contribution is -2.16. The molecule has 2 nitrogen and oxygen atoms in total. The van der Waals surface area contributed by atoms with Crippen molar-refractivity contribution >= 4 is 5.69 Å². The van der Waals surface area contributed by atoms with Crippen molar-refractivity contribution in [2.45, 2.75) is 33.1 Å². The Morgan fingerprint density at radius 1 is 1.18 bits per heavy atom. The number of ether oxygens (including phenoxy) is 1. The molecule has 1 atom stereocenters. The minimum absolute atomic E-state index is 0.224. The van der Waals surface area contributed by atoms with Gasteiger partial charge in [0, 0.05) is 19.3 Å². The number of anilines is 1. The van der Waals surface area contributed by atoms with Gasteiger partial charge in [-0.25, -0.2) is 0 Å². The smallest absolute Gasteiger partial charge is 0.0504 e. The zero-order valence-corrected chi connectivity index (χ0v) is 11.7. The Morgan fingerprint density at radius 3 is 2.24 bits per heavy atom. The topological polar surface area (TPSA) is 21.3 Å². The fourth-order valence-corrected chi connectivity index (χ4v) is 1.72. The summed E-state index contributed by atoms with van der Waals surface area (Å²) in [6.07, 6.45) is 0. The molecular formula is C15H25NO. The molecule has 96 valence electrons. The van der Waals surface area contributed by atoms with Crippen LogP contribution < -0.4 is 5.32 Å². The minimum Gasteiger partial charge on any atom is -0.385 e. The van der Waals surface area contributed by atoms with Crippen molar-refractivity contribution < 1.29 is 4.74 Å². The van der Waals surface area contributed by atoms with Gasteiger partial charge >= 0.3 is 0 Å². The molecule has 17 heavy (non-hydrogen) atoms. The second kappa shape index (κ2) is 6.06. The van der Waals surface area contributed by atoms with Gasteiger partial charge in [-0.05, 0) is 29.0 Å². The van der Waals surface area contributed by atoms with Crippen LogP contribution in [0.2, 0.25) is 0 Å². The first-order chi connectivity index (χ1) is 7.93. The Balaban J connectivity index is 2.51. The normalized spacial score (nSPS) is 13.5. The summed E-state index contributed by atoms with van der Waals surface area (Å²) in [6, 6.07) is 8.70. The van der Waals surface area contributed by atoms with Crippen LogP contribution in [-0.4, -0.2) is 20.3 Å². The van der Waals surface area contributed by atoms with Gasteiger partial charge in [0.25, 0.3) is 0 Å². The zero-order valence-electron chi connectivity index (χ0n) is 11.7. The monoisotopic (exact) mass is 235 g/mol. The molecule has 0 aliphatic heterocycles. The van der Waals surface area contributed by atoms with Crippen molar-refractivity contribution in [1.29, 1.82) is 0 Å². The van der Waals surface area contributed by atoms with Crippen LogP contribution in [0, 0.1) is 5.92 Å². The van der Waals surface area contributed by atoms with E-state index in [0.717, 1.165) is 13.2 Å². The maximum Gasteiger partial charge on any atom is 0.0504 e. The SMILES string of the molecule is COCC(C)CNc1ccc(C(C)(C)C)cc1. The van der Waals surface area contributed by atoms with Crippen LogP contribution in [0.3, 0.4) is 0 Å². The molecule has 0 bridgehead atoms. The van der Waals surface area contributed by atoms with Gasteiger partial charge in [-0.2, -0.15) is 0 Å². The fraction of sp³-hybridized carbons (Fsp3) is 0.600. The van der Waals surface area contributed by atoms with Gasteiger partial charge in [-0.1, -0.05) is 39.8 Å². The summed E-state index contributed by atoms with van der Waals surface area (Å²) < 4.78 is 5.12. The van der Waals surface area contributed by atoms with Gasteiger partial charge in [-0.3, -0.25) is 0 Å².